The van der Waals surface area contributed by atoms with Crippen molar-refractivity contribution in [1.29, 1.82) is 0 Å². The van der Waals surface area contributed by atoms with Crippen molar-refractivity contribution in [2.75, 3.05) is 6.61 Å². The molecule has 0 aromatic rings. The summed E-state index contributed by atoms with van der Waals surface area (Å²) >= 11 is 9.76. The van der Waals surface area contributed by atoms with E-state index in [-0.39, 0.29) is 0 Å². The maximum atomic E-state index is 11.3. The number of carbonyl (C=O) groups is 1. The molecule has 0 unspecified atom stereocenters. The van der Waals surface area contributed by atoms with E-state index in [1.807, 2.05) is 0 Å². The van der Waals surface area contributed by atoms with E-state index in [4.69, 9.17) is 23.2 Å². The number of hydrogen-bond acceptors (Lipinski definition) is 2. The molecule has 0 atom stereocenters. The van der Waals surface area contributed by atoms with Crippen molar-refractivity contribution in [1.82, 2.24) is 0 Å². The summed E-state index contributed by atoms with van der Waals surface area (Å²) in [6.07, 6.45) is -4.54. The highest BCUT2D eigenvalue weighted by molar-refractivity contribution is 6.52. The van der Waals surface area contributed by atoms with Crippen molar-refractivity contribution >= 4 is 29.2 Å². The second kappa shape index (κ2) is 4.01. The summed E-state index contributed by atoms with van der Waals surface area (Å²) in [5.74, 6) is -1.30. The topological polar surface area (TPSA) is 26.3 Å². The van der Waals surface area contributed by atoms with Gasteiger partial charge in [0, 0.05) is 0 Å². The van der Waals surface area contributed by atoms with Crippen LogP contribution >= 0.6 is 23.2 Å². The van der Waals surface area contributed by atoms with Crippen LogP contribution in [0.1, 0.15) is 0 Å². The van der Waals surface area contributed by atoms with Crippen LogP contribution in [0.15, 0.2) is 0 Å². The third-order valence-corrected chi connectivity index (χ3v) is 0.913. The molecule has 0 aliphatic carbocycles. The molecule has 66 valence electrons. The largest absolute Gasteiger partial charge is 0.454 e. The van der Waals surface area contributed by atoms with Crippen LogP contribution in [-0.4, -0.2) is 23.6 Å². The average molecular weight is 211 g/mol. The summed E-state index contributed by atoms with van der Waals surface area (Å²) in [4.78, 5) is 8.63. The van der Waals surface area contributed by atoms with Gasteiger partial charge in [-0.1, -0.05) is 23.2 Å². The zero-order valence-corrected chi connectivity index (χ0v) is 6.50. The summed E-state index contributed by atoms with van der Waals surface area (Å²) in [5, 5.41) is 0. The highest BCUT2D eigenvalue weighted by Gasteiger charge is 2.30. The van der Waals surface area contributed by atoms with E-state index in [9.17, 15) is 18.0 Å². The smallest absolute Gasteiger partial charge is 0.422 e. The Labute approximate surface area is 70.2 Å². The van der Waals surface area contributed by atoms with E-state index in [1.165, 1.54) is 0 Å². The van der Waals surface area contributed by atoms with Gasteiger partial charge in [0.05, 0.1) is 0 Å². The van der Waals surface area contributed by atoms with E-state index in [1.54, 1.807) is 0 Å². The highest BCUT2D eigenvalue weighted by Crippen LogP contribution is 2.15. The fourth-order valence-electron chi connectivity index (χ4n) is 0.216. The minimum absolute atomic E-state index is 1.30. The Balaban J connectivity index is 3.64. The highest BCUT2D eigenvalue weighted by atomic mass is 35.5. The van der Waals surface area contributed by atoms with Crippen LogP contribution in [0.25, 0.3) is 0 Å². The maximum Gasteiger partial charge on any atom is 0.422 e. The molecule has 0 aliphatic heterocycles. The second-order valence-corrected chi connectivity index (χ2v) is 2.62. The SMILES string of the molecule is O=C(OCC(F)(F)F)C(Cl)Cl. The predicted molar refractivity (Wildman–Crippen MR) is 32.5 cm³/mol. The van der Waals surface area contributed by atoms with Gasteiger partial charge in [-0.25, -0.2) is 4.79 Å². The molecule has 2 nitrogen and oxygen atoms in total. The Morgan fingerprint density at radius 2 is 1.91 bits per heavy atom. The summed E-state index contributed by atoms with van der Waals surface area (Å²) in [5.41, 5.74) is 0. The first-order valence-electron chi connectivity index (χ1n) is 2.34. The van der Waals surface area contributed by atoms with Gasteiger partial charge in [0.2, 0.25) is 4.84 Å². The zero-order valence-electron chi connectivity index (χ0n) is 4.99. The lowest BCUT2D eigenvalue weighted by Gasteiger charge is -2.07. The fraction of sp³-hybridized carbons (Fsp3) is 0.750. The molecule has 0 aromatic heterocycles. The molecular weight excluding hydrogens is 208 g/mol. The summed E-state index contributed by atoms with van der Waals surface area (Å²) in [7, 11) is 0. The number of alkyl halides is 5. The molecule has 0 spiro atoms. The van der Waals surface area contributed by atoms with Crippen molar-refractivity contribution in [3.8, 4) is 0 Å². The third kappa shape index (κ3) is 6.25. The lowest BCUT2D eigenvalue weighted by atomic mass is 10.7. The molecule has 0 saturated carbocycles. The number of ether oxygens (including phenoxy) is 1. The van der Waals surface area contributed by atoms with Gasteiger partial charge >= 0.3 is 12.1 Å². The van der Waals surface area contributed by atoms with E-state index >= 15 is 0 Å². The molecule has 0 aromatic carbocycles. The van der Waals surface area contributed by atoms with Crippen molar-refractivity contribution in [2.24, 2.45) is 0 Å². The Morgan fingerprint density at radius 1 is 1.45 bits per heavy atom. The number of rotatable bonds is 2. The number of hydrogen-bond donors (Lipinski definition) is 0. The fourth-order valence-corrected chi connectivity index (χ4v) is 0.342. The Hall–Kier alpha value is -0.160. The number of halogens is 5. The lowest BCUT2D eigenvalue weighted by molar-refractivity contribution is -0.185. The van der Waals surface area contributed by atoms with Crippen LogP contribution in [0.2, 0.25) is 0 Å². The molecule has 0 rings (SSSR count). The first-order chi connectivity index (χ1) is 4.83. The Bertz CT molecular complexity index is 145. The summed E-state index contributed by atoms with van der Waals surface area (Å²) < 4.78 is 37.6. The van der Waals surface area contributed by atoms with Crippen LogP contribution < -0.4 is 0 Å². The van der Waals surface area contributed by atoms with Crippen molar-refractivity contribution < 1.29 is 22.7 Å². The minimum atomic E-state index is -4.54. The van der Waals surface area contributed by atoms with Gasteiger partial charge in [-0.15, -0.1) is 0 Å². The quantitative estimate of drug-likeness (QED) is 0.514. The maximum absolute atomic E-state index is 11.3. The van der Waals surface area contributed by atoms with Crippen molar-refractivity contribution in [3.63, 3.8) is 0 Å². The van der Waals surface area contributed by atoms with Crippen LogP contribution in [-0.2, 0) is 9.53 Å². The summed E-state index contributed by atoms with van der Waals surface area (Å²) in [6, 6.07) is 0. The van der Waals surface area contributed by atoms with Gasteiger partial charge in [-0.2, -0.15) is 13.2 Å². The normalized spacial score (nSPS) is 11.8. The third-order valence-electron chi connectivity index (χ3n) is 0.556. The molecule has 0 radical (unpaired) electrons. The van der Waals surface area contributed by atoms with Gasteiger partial charge in [0.15, 0.2) is 6.61 Å². The Kier molecular flexibility index (Phi) is 3.96. The van der Waals surface area contributed by atoms with E-state index < -0.39 is 23.6 Å². The van der Waals surface area contributed by atoms with Crippen molar-refractivity contribution in [3.05, 3.63) is 0 Å². The second-order valence-electron chi connectivity index (χ2n) is 1.52. The van der Waals surface area contributed by atoms with Gasteiger partial charge < -0.3 is 4.74 Å². The monoisotopic (exact) mass is 210 g/mol. The van der Waals surface area contributed by atoms with Crippen LogP contribution in [0.3, 0.4) is 0 Å². The molecule has 11 heavy (non-hydrogen) atoms. The number of carbonyl (C=O) groups excluding carboxylic acids is 1. The van der Waals surface area contributed by atoms with Crippen LogP contribution in [0.5, 0.6) is 0 Å². The molecule has 0 heterocycles. The minimum Gasteiger partial charge on any atom is -0.454 e. The van der Waals surface area contributed by atoms with Gasteiger partial charge in [0.1, 0.15) is 0 Å². The molecule has 0 aliphatic rings. The Morgan fingerprint density at radius 3 is 2.18 bits per heavy atom. The molecule has 0 N–H and O–H groups in total. The van der Waals surface area contributed by atoms with Crippen molar-refractivity contribution in [2.45, 2.75) is 11.0 Å². The first kappa shape index (κ1) is 10.8. The van der Waals surface area contributed by atoms with Gasteiger partial charge in [-0.3, -0.25) is 0 Å². The summed E-state index contributed by atoms with van der Waals surface area (Å²) in [6.45, 7) is -1.66. The molecule has 0 amide bonds. The molecule has 7 heteroatoms. The molecule has 0 bridgehead atoms. The van der Waals surface area contributed by atoms with E-state index in [0.29, 0.717) is 0 Å². The van der Waals surface area contributed by atoms with Gasteiger partial charge in [-0.05, 0) is 0 Å². The number of esters is 1. The van der Waals surface area contributed by atoms with Gasteiger partial charge in [0.25, 0.3) is 0 Å². The zero-order chi connectivity index (χ0) is 9.07. The average Bonchev–Trinajstić information content (AvgIpc) is 1.80. The van der Waals surface area contributed by atoms with Crippen LogP contribution in [0.4, 0.5) is 13.2 Å². The molecular formula is C4H3Cl2F3O2. The molecule has 0 saturated heterocycles. The lowest BCUT2D eigenvalue weighted by Crippen LogP contribution is -2.23. The van der Waals surface area contributed by atoms with Crippen LogP contribution in [0, 0.1) is 0 Å². The van der Waals surface area contributed by atoms with E-state index in [0.717, 1.165) is 0 Å². The molecule has 0 fully saturated rings. The predicted octanol–water partition coefficient (Wildman–Crippen LogP) is 1.90. The van der Waals surface area contributed by atoms with E-state index in [2.05, 4.69) is 4.74 Å². The first-order valence-corrected chi connectivity index (χ1v) is 3.22. The standard InChI is InChI=1S/C4H3Cl2F3O2/c5-2(6)3(10)11-1-4(7,8)9/h2H,1H2.